The van der Waals surface area contributed by atoms with E-state index in [1.165, 1.54) is 16.2 Å². The average Bonchev–Trinajstić information content (AvgIpc) is 3.45. The second-order valence-corrected chi connectivity index (χ2v) is 10.2. The number of rotatable bonds is 6. The SMILES string of the molecule is O=C1/C(=C/c2c(N3CCN(CCO)CC3)nc3ccccn3c2=O)SC(=S)N1CC1CCCO1. The molecule has 3 saturated heterocycles. The topological polar surface area (TPSA) is 90.6 Å². The van der Waals surface area contributed by atoms with Crippen LogP contribution in [-0.4, -0.2) is 93.1 Å². The lowest BCUT2D eigenvalue weighted by Crippen LogP contribution is -2.48. The van der Waals surface area contributed by atoms with Gasteiger partial charge in [-0.2, -0.15) is 0 Å². The standard InChI is InChI=1S/C23H27N5O4S2/c29-12-11-25-7-9-26(10-8-25)20-17(21(30)27-6-2-1-5-19(27)24-20)14-18-22(31)28(23(33)34-18)15-16-4-3-13-32-16/h1-2,5-6,14,16,29H,3-4,7-13,15H2/b18-14-. The Kier molecular flexibility index (Phi) is 6.98. The second-order valence-electron chi connectivity index (χ2n) is 8.56. The van der Waals surface area contributed by atoms with Gasteiger partial charge in [-0.1, -0.05) is 30.0 Å². The first-order chi connectivity index (χ1) is 16.5. The molecule has 5 rings (SSSR count). The van der Waals surface area contributed by atoms with E-state index in [2.05, 4.69) is 9.80 Å². The molecule has 3 aliphatic heterocycles. The molecule has 0 aliphatic carbocycles. The third-order valence-corrected chi connectivity index (χ3v) is 7.77. The first-order valence-corrected chi connectivity index (χ1v) is 12.7. The van der Waals surface area contributed by atoms with Crippen LogP contribution in [0.4, 0.5) is 5.82 Å². The van der Waals surface area contributed by atoms with Crippen molar-refractivity contribution in [2.75, 3.05) is 57.4 Å². The highest BCUT2D eigenvalue weighted by Crippen LogP contribution is 2.34. The van der Waals surface area contributed by atoms with Gasteiger partial charge in [-0.3, -0.25) is 23.8 Å². The van der Waals surface area contributed by atoms with E-state index in [1.807, 2.05) is 6.07 Å². The van der Waals surface area contributed by atoms with Gasteiger partial charge < -0.3 is 14.7 Å². The van der Waals surface area contributed by atoms with Gasteiger partial charge in [-0.25, -0.2) is 4.98 Å². The Labute approximate surface area is 207 Å². The maximum absolute atomic E-state index is 13.5. The van der Waals surface area contributed by atoms with Gasteiger partial charge >= 0.3 is 0 Å². The minimum atomic E-state index is -0.220. The quantitative estimate of drug-likeness (QED) is 0.463. The normalized spacial score (nSPS) is 23.1. The van der Waals surface area contributed by atoms with E-state index in [4.69, 9.17) is 21.9 Å². The lowest BCUT2D eigenvalue weighted by molar-refractivity contribution is -0.123. The van der Waals surface area contributed by atoms with Crippen molar-refractivity contribution in [1.29, 1.82) is 0 Å². The number of aliphatic hydroxyl groups excluding tert-OH is 1. The number of ether oxygens (including phenoxy) is 1. The largest absolute Gasteiger partial charge is 0.395 e. The smallest absolute Gasteiger partial charge is 0.267 e. The van der Waals surface area contributed by atoms with Crippen LogP contribution in [0.5, 0.6) is 0 Å². The van der Waals surface area contributed by atoms with Crippen molar-refractivity contribution in [3.63, 3.8) is 0 Å². The fourth-order valence-corrected chi connectivity index (χ4v) is 5.82. The summed E-state index contributed by atoms with van der Waals surface area (Å²) in [4.78, 5) is 37.8. The molecule has 1 atom stereocenters. The third-order valence-electron chi connectivity index (χ3n) is 6.40. The van der Waals surface area contributed by atoms with Gasteiger partial charge in [0.05, 0.1) is 29.7 Å². The maximum atomic E-state index is 13.5. The number of pyridine rings is 1. The number of anilines is 1. The van der Waals surface area contributed by atoms with Gasteiger partial charge in [0.1, 0.15) is 15.8 Å². The molecule has 11 heteroatoms. The Morgan fingerprint density at radius 2 is 2.06 bits per heavy atom. The highest BCUT2D eigenvalue weighted by molar-refractivity contribution is 8.26. The molecule has 180 valence electrons. The number of hydrogen-bond donors (Lipinski definition) is 1. The van der Waals surface area contributed by atoms with Crippen LogP contribution in [0.1, 0.15) is 18.4 Å². The summed E-state index contributed by atoms with van der Waals surface area (Å²) in [6, 6.07) is 5.44. The average molecular weight is 502 g/mol. The molecule has 1 unspecified atom stereocenters. The predicted octanol–water partition coefficient (Wildman–Crippen LogP) is 1.19. The van der Waals surface area contributed by atoms with Gasteiger partial charge in [-0.05, 0) is 31.1 Å². The summed E-state index contributed by atoms with van der Waals surface area (Å²) in [5.74, 6) is 0.381. The van der Waals surface area contributed by atoms with Gasteiger partial charge in [0.25, 0.3) is 11.5 Å². The molecule has 1 amide bonds. The van der Waals surface area contributed by atoms with Crippen molar-refractivity contribution in [3.8, 4) is 0 Å². The fraction of sp³-hybridized carbons (Fsp3) is 0.478. The molecule has 5 heterocycles. The van der Waals surface area contributed by atoms with Crippen LogP contribution < -0.4 is 10.5 Å². The van der Waals surface area contributed by atoms with E-state index in [9.17, 15) is 14.7 Å². The van der Waals surface area contributed by atoms with Crippen molar-refractivity contribution in [1.82, 2.24) is 19.2 Å². The van der Waals surface area contributed by atoms with E-state index in [0.717, 1.165) is 25.9 Å². The summed E-state index contributed by atoms with van der Waals surface area (Å²) in [5.41, 5.74) is 0.725. The monoisotopic (exact) mass is 501 g/mol. The summed E-state index contributed by atoms with van der Waals surface area (Å²) in [7, 11) is 0. The number of fused-ring (bicyclic) bond motifs is 1. The summed E-state index contributed by atoms with van der Waals surface area (Å²) < 4.78 is 7.68. The zero-order valence-electron chi connectivity index (χ0n) is 18.8. The number of aliphatic hydroxyl groups is 1. The van der Waals surface area contributed by atoms with E-state index >= 15 is 0 Å². The molecule has 0 aromatic carbocycles. The third kappa shape index (κ3) is 4.63. The second kappa shape index (κ2) is 10.1. The number of carbonyl (C=O) groups excluding carboxylic acids is 1. The van der Waals surface area contributed by atoms with Crippen molar-refractivity contribution < 1.29 is 14.6 Å². The zero-order valence-corrected chi connectivity index (χ0v) is 20.4. The molecule has 0 bridgehead atoms. The molecule has 0 saturated carbocycles. The molecule has 3 aliphatic rings. The first kappa shape index (κ1) is 23.4. The van der Waals surface area contributed by atoms with Gasteiger partial charge in [-0.15, -0.1) is 0 Å². The number of hydrogen-bond acceptors (Lipinski definition) is 9. The predicted molar refractivity (Wildman–Crippen MR) is 136 cm³/mol. The minimum Gasteiger partial charge on any atom is -0.395 e. The van der Waals surface area contributed by atoms with Crippen LogP contribution in [-0.2, 0) is 9.53 Å². The summed E-state index contributed by atoms with van der Waals surface area (Å²) >= 11 is 6.71. The van der Waals surface area contributed by atoms with E-state index in [0.29, 0.717) is 59.0 Å². The van der Waals surface area contributed by atoms with Crippen LogP contribution >= 0.6 is 24.0 Å². The van der Waals surface area contributed by atoms with Gasteiger partial charge in [0.15, 0.2) is 0 Å². The van der Waals surface area contributed by atoms with Crippen LogP contribution in [0.2, 0.25) is 0 Å². The summed E-state index contributed by atoms with van der Waals surface area (Å²) in [6.07, 6.45) is 5.25. The first-order valence-electron chi connectivity index (χ1n) is 11.5. The molecule has 34 heavy (non-hydrogen) atoms. The van der Waals surface area contributed by atoms with Crippen molar-refractivity contribution in [2.24, 2.45) is 0 Å². The molecular formula is C23H27N5O4S2. The van der Waals surface area contributed by atoms with Crippen molar-refractivity contribution in [3.05, 3.63) is 45.2 Å². The molecule has 2 aromatic rings. The summed E-state index contributed by atoms with van der Waals surface area (Å²) in [6.45, 7) is 4.78. The van der Waals surface area contributed by atoms with Crippen molar-refractivity contribution in [2.45, 2.75) is 18.9 Å². The van der Waals surface area contributed by atoms with Gasteiger partial charge in [0.2, 0.25) is 0 Å². The molecular weight excluding hydrogens is 474 g/mol. The van der Waals surface area contributed by atoms with Crippen LogP contribution in [0.25, 0.3) is 11.7 Å². The lowest BCUT2D eigenvalue weighted by Gasteiger charge is -2.35. The fourth-order valence-electron chi connectivity index (χ4n) is 4.56. The van der Waals surface area contributed by atoms with Crippen LogP contribution in [0, 0.1) is 0 Å². The van der Waals surface area contributed by atoms with E-state index < -0.39 is 0 Å². The van der Waals surface area contributed by atoms with Crippen molar-refractivity contribution >= 4 is 51.7 Å². The van der Waals surface area contributed by atoms with E-state index in [-0.39, 0.29) is 24.2 Å². The molecule has 9 nitrogen and oxygen atoms in total. The van der Waals surface area contributed by atoms with E-state index in [1.54, 1.807) is 29.3 Å². The number of β-amino-alcohol motifs (C(OH)–C–C–N with tert-alkyl or cyclic N) is 1. The highest BCUT2D eigenvalue weighted by Gasteiger charge is 2.35. The number of aromatic nitrogens is 2. The van der Waals surface area contributed by atoms with Gasteiger partial charge in [0, 0.05) is 45.5 Å². The molecule has 0 spiro atoms. The Hall–Kier alpha value is -2.31. The van der Waals surface area contributed by atoms with Crippen LogP contribution in [0.3, 0.4) is 0 Å². The minimum absolute atomic E-state index is 0.000544. The zero-order chi connectivity index (χ0) is 23.7. The number of thioether (sulfide) groups is 1. The number of nitrogens with zero attached hydrogens (tertiary/aromatic N) is 5. The maximum Gasteiger partial charge on any atom is 0.267 e. The molecule has 0 radical (unpaired) electrons. The molecule has 2 aromatic heterocycles. The molecule has 1 N–H and O–H groups in total. The number of carbonyl (C=O) groups is 1. The number of amides is 1. The number of thiocarbonyl (C=S) groups is 1. The van der Waals surface area contributed by atoms with Crippen LogP contribution in [0.15, 0.2) is 34.1 Å². The molecule has 3 fully saturated rings. The Morgan fingerprint density at radius 1 is 1.24 bits per heavy atom. The Balaban J connectivity index is 1.49. The summed E-state index contributed by atoms with van der Waals surface area (Å²) in [5, 5.41) is 9.24. The highest BCUT2D eigenvalue weighted by atomic mass is 32.2. The number of piperazine rings is 1. The Morgan fingerprint density at radius 3 is 2.79 bits per heavy atom. The lowest BCUT2D eigenvalue weighted by atomic mass is 10.2. The Bertz CT molecular complexity index is 1190.